The molecule has 0 saturated heterocycles. The molecule has 5 aromatic rings. The molecule has 0 fully saturated rings. The van der Waals surface area contributed by atoms with Crippen LogP contribution < -0.4 is 15.1 Å². The van der Waals surface area contributed by atoms with Gasteiger partial charge in [0.1, 0.15) is 63.9 Å². The summed E-state index contributed by atoms with van der Waals surface area (Å²) in [7, 11) is 3.69. The van der Waals surface area contributed by atoms with Crippen molar-refractivity contribution in [3.63, 3.8) is 0 Å². The number of aliphatic hydroxyl groups excluding tert-OH is 1. The standard InChI is InChI=1S/C19H18F3NO6.C18H14F3NO5/c1-27-9-10-29-13-7-3-5-11(15(13)19(20,21)22)14(18(26)28-2)17(25)16-12(24)6-4-8-23-16;1-25-8-9-26-11-5-2-4-10(14(11)18(19,20)21)13-16(23)15-12(27-17(13)24)6-3-7-22-15/h3-8,24-25H,9-10H2,1-2H3;2-7,23H,8-9H2,1H3/b17-14+;. The predicted octanol–water partition coefficient (Wildman–Crippen LogP) is 7.04. The van der Waals surface area contributed by atoms with Gasteiger partial charge in [-0.2, -0.15) is 26.3 Å². The number of hydrogen-bond acceptors (Lipinski definition) is 13. The van der Waals surface area contributed by atoms with Crippen molar-refractivity contribution in [1.29, 1.82) is 0 Å². The summed E-state index contributed by atoms with van der Waals surface area (Å²) in [5.74, 6) is -4.51. The smallest absolute Gasteiger partial charge is 0.420 e. The van der Waals surface area contributed by atoms with E-state index < -0.39 is 91.8 Å². The van der Waals surface area contributed by atoms with Gasteiger partial charge >= 0.3 is 23.9 Å². The van der Waals surface area contributed by atoms with Gasteiger partial charge in [0.2, 0.25) is 0 Å². The van der Waals surface area contributed by atoms with Crippen LogP contribution in [0.5, 0.6) is 23.0 Å². The molecule has 0 spiro atoms. The minimum Gasteiger partial charge on any atom is -0.506 e. The lowest BCUT2D eigenvalue weighted by molar-refractivity contribution is -0.140. The normalized spacial score (nSPS) is 12.0. The van der Waals surface area contributed by atoms with Gasteiger partial charge in [-0.3, -0.25) is 0 Å². The van der Waals surface area contributed by atoms with Gasteiger partial charge in [0.05, 0.1) is 20.3 Å². The fourth-order valence-electron chi connectivity index (χ4n) is 5.16. The number of hydrogen-bond donors (Lipinski definition) is 3. The van der Waals surface area contributed by atoms with E-state index in [0.717, 1.165) is 37.4 Å². The number of fused-ring (bicyclic) bond motifs is 1. The first-order valence-corrected chi connectivity index (χ1v) is 16.0. The van der Waals surface area contributed by atoms with Crippen molar-refractivity contribution in [1.82, 2.24) is 9.97 Å². The lowest BCUT2D eigenvalue weighted by Crippen LogP contribution is -2.17. The highest BCUT2D eigenvalue weighted by atomic mass is 19.4. The number of aromatic nitrogens is 2. The summed E-state index contributed by atoms with van der Waals surface area (Å²) in [6, 6.07) is 12.1. The molecule has 0 unspecified atom stereocenters. The Morgan fingerprint density at radius 3 is 1.89 bits per heavy atom. The van der Waals surface area contributed by atoms with E-state index in [2.05, 4.69) is 14.7 Å². The summed E-state index contributed by atoms with van der Waals surface area (Å²) >= 11 is 0. The molecular formula is C37H32F6N2O11. The van der Waals surface area contributed by atoms with E-state index in [1.807, 2.05) is 0 Å². The number of nitrogens with zero attached hydrogens (tertiary/aromatic N) is 2. The van der Waals surface area contributed by atoms with Gasteiger partial charge in [0, 0.05) is 37.7 Å². The number of halogens is 6. The number of carbonyl (C=O) groups excluding carboxylic acids is 1. The summed E-state index contributed by atoms with van der Waals surface area (Å²) in [6.07, 6.45) is -7.28. The first-order valence-electron chi connectivity index (χ1n) is 16.0. The maximum atomic E-state index is 13.9. The molecule has 0 bridgehead atoms. The Labute approximate surface area is 312 Å². The van der Waals surface area contributed by atoms with Gasteiger partial charge in [0.15, 0.2) is 17.1 Å². The molecule has 3 N–H and O–H groups in total. The van der Waals surface area contributed by atoms with E-state index in [1.165, 1.54) is 56.9 Å². The quantitative estimate of drug-likeness (QED) is 0.0386. The molecular weight excluding hydrogens is 762 g/mol. The van der Waals surface area contributed by atoms with Crippen LogP contribution in [-0.2, 0) is 31.4 Å². The van der Waals surface area contributed by atoms with E-state index in [9.17, 15) is 51.3 Å². The van der Waals surface area contributed by atoms with Crippen molar-refractivity contribution in [2.24, 2.45) is 0 Å². The molecule has 0 radical (unpaired) electrons. The monoisotopic (exact) mass is 794 g/mol. The summed E-state index contributed by atoms with van der Waals surface area (Å²) in [5.41, 5.74) is -6.96. The largest absolute Gasteiger partial charge is 0.506 e. The van der Waals surface area contributed by atoms with Crippen molar-refractivity contribution in [3.05, 3.63) is 106 Å². The van der Waals surface area contributed by atoms with E-state index in [4.69, 9.17) is 23.4 Å². The summed E-state index contributed by atoms with van der Waals surface area (Å²) < 4.78 is 112. The Kier molecular flexibility index (Phi) is 13.9. The van der Waals surface area contributed by atoms with Crippen LogP contribution in [-0.4, -0.2) is 79.0 Å². The Hall–Kier alpha value is -6.34. The number of rotatable bonds is 12. The Balaban J connectivity index is 0.000000249. The maximum absolute atomic E-state index is 13.9. The first kappa shape index (κ1) is 42.4. The average molecular weight is 795 g/mol. The number of aromatic hydroxyl groups is 2. The highest BCUT2D eigenvalue weighted by Gasteiger charge is 2.41. The van der Waals surface area contributed by atoms with Gasteiger partial charge in [-0.15, -0.1) is 0 Å². The Morgan fingerprint density at radius 1 is 0.750 bits per heavy atom. The predicted molar refractivity (Wildman–Crippen MR) is 186 cm³/mol. The van der Waals surface area contributed by atoms with Crippen molar-refractivity contribution >= 4 is 28.4 Å². The second kappa shape index (κ2) is 18.3. The van der Waals surface area contributed by atoms with Crippen LogP contribution in [0.4, 0.5) is 26.3 Å². The molecule has 0 aliphatic carbocycles. The minimum absolute atomic E-state index is 0.0360. The van der Waals surface area contributed by atoms with Gasteiger partial charge in [0.25, 0.3) is 0 Å². The molecule has 0 aliphatic heterocycles. The molecule has 56 heavy (non-hydrogen) atoms. The van der Waals surface area contributed by atoms with E-state index >= 15 is 0 Å². The number of ether oxygens (including phenoxy) is 5. The third kappa shape index (κ3) is 9.66. The zero-order valence-corrected chi connectivity index (χ0v) is 29.5. The SMILES string of the molecule is COCCOc1cccc(-c2c(O)c3ncccc3oc2=O)c1C(F)(F)F.COCCOc1cccc(/C(C(=O)OC)=C(\O)c2ncccc2O)c1C(F)(F)F. The van der Waals surface area contributed by atoms with Gasteiger partial charge in [-0.1, -0.05) is 24.3 Å². The molecule has 0 amide bonds. The van der Waals surface area contributed by atoms with E-state index in [0.29, 0.717) is 0 Å². The van der Waals surface area contributed by atoms with E-state index in [1.54, 1.807) is 0 Å². The van der Waals surface area contributed by atoms with Crippen LogP contribution in [0.15, 0.2) is 82.3 Å². The molecule has 5 rings (SSSR count). The van der Waals surface area contributed by atoms with Gasteiger partial charge in [-0.05, 0) is 36.4 Å². The molecule has 3 heterocycles. The van der Waals surface area contributed by atoms with Crippen LogP contribution >= 0.6 is 0 Å². The minimum atomic E-state index is -4.94. The summed E-state index contributed by atoms with van der Waals surface area (Å²) in [4.78, 5) is 32.2. The van der Waals surface area contributed by atoms with Gasteiger partial charge in [-0.25, -0.2) is 19.6 Å². The molecule has 0 saturated carbocycles. The highest BCUT2D eigenvalue weighted by molar-refractivity contribution is 6.24. The molecule has 3 aromatic heterocycles. The van der Waals surface area contributed by atoms with Crippen molar-refractivity contribution in [2.45, 2.75) is 12.4 Å². The average Bonchev–Trinajstić information content (AvgIpc) is 3.14. The van der Waals surface area contributed by atoms with Crippen molar-refractivity contribution in [2.75, 3.05) is 47.8 Å². The number of benzene rings is 2. The summed E-state index contributed by atoms with van der Waals surface area (Å²) in [5, 5.41) is 30.9. The van der Waals surface area contributed by atoms with Crippen LogP contribution in [0.25, 0.3) is 33.6 Å². The van der Waals surface area contributed by atoms with Crippen molar-refractivity contribution in [3.8, 4) is 34.1 Å². The second-order valence-electron chi connectivity index (χ2n) is 11.1. The number of aliphatic hydroxyl groups is 1. The Morgan fingerprint density at radius 2 is 1.32 bits per heavy atom. The third-order valence-corrected chi connectivity index (χ3v) is 7.52. The molecule has 19 heteroatoms. The highest BCUT2D eigenvalue weighted by Crippen LogP contribution is 2.45. The number of carbonyl (C=O) groups is 1. The zero-order valence-electron chi connectivity index (χ0n) is 29.5. The molecule has 2 aromatic carbocycles. The molecule has 298 valence electrons. The topological polar surface area (TPSA) is 180 Å². The molecule has 0 aliphatic rings. The van der Waals surface area contributed by atoms with Crippen LogP contribution in [0.2, 0.25) is 0 Å². The first-order chi connectivity index (χ1) is 26.6. The van der Waals surface area contributed by atoms with Gasteiger partial charge < -0.3 is 43.4 Å². The molecule has 13 nitrogen and oxygen atoms in total. The number of pyridine rings is 2. The lowest BCUT2D eigenvalue weighted by Gasteiger charge is -2.19. The third-order valence-electron chi connectivity index (χ3n) is 7.52. The van der Waals surface area contributed by atoms with Crippen LogP contribution in [0, 0.1) is 0 Å². The maximum Gasteiger partial charge on any atom is 0.420 e. The zero-order chi connectivity index (χ0) is 41.2. The number of esters is 1. The molecule has 0 atom stereocenters. The van der Waals surface area contributed by atoms with Crippen molar-refractivity contribution < 1.29 is 74.6 Å². The van der Waals surface area contributed by atoms with Crippen LogP contribution in [0.1, 0.15) is 22.4 Å². The number of alkyl halides is 6. The fraction of sp³-hybridized carbons (Fsp3) is 0.243. The lowest BCUT2D eigenvalue weighted by atomic mass is 9.96. The van der Waals surface area contributed by atoms with E-state index in [-0.39, 0.29) is 37.5 Å². The van der Waals surface area contributed by atoms with Crippen LogP contribution in [0.3, 0.4) is 0 Å². The summed E-state index contributed by atoms with van der Waals surface area (Å²) in [6.45, 7) is -0.181. The Bertz CT molecular complexity index is 2260. The second-order valence-corrected chi connectivity index (χ2v) is 11.1. The number of methoxy groups -OCH3 is 3. The fourth-order valence-corrected chi connectivity index (χ4v) is 5.16.